The van der Waals surface area contributed by atoms with Crippen LogP contribution in [0.25, 0.3) is 0 Å². The number of hydrogen-bond donors (Lipinski definition) is 2. The third-order valence-electron chi connectivity index (χ3n) is 2.89. The maximum Gasteiger partial charge on any atom is 0.231 e. The second-order valence-electron chi connectivity index (χ2n) is 4.02. The lowest BCUT2D eigenvalue weighted by molar-refractivity contribution is 0.0682. The van der Waals surface area contributed by atoms with Gasteiger partial charge in [0, 0.05) is 12.5 Å². The Kier molecular flexibility index (Phi) is 3.66. The number of aliphatic hydroxyl groups is 2. The van der Waals surface area contributed by atoms with E-state index in [2.05, 4.69) is 6.58 Å². The number of fused-ring (bicyclic) bond motifs is 1. The molecule has 4 heteroatoms. The average molecular weight is 236 g/mol. The normalized spacial score (nSPS) is 16.6. The number of rotatable bonds is 5. The summed E-state index contributed by atoms with van der Waals surface area (Å²) in [6.45, 7) is 3.75. The minimum atomic E-state index is -0.729. The summed E-state index contributed by atoms with van der Waals surface area (Å²) in [6.07, 6.45) is 1.52. The maximum absolute atomic E-state index is 10.1. The zero-order chi connectivity index (χ0) is 12.3. The number of hydrogen-bond acceptors (Lipinski definition) is 4. The Morgan fingerprint density at radius 1 is 1.35 bits per heavy atom. The van der Waals surface area contributed by atoms with Crippen molar-refractivity contribution in [1.29, 1.82) is 0 Å². The molecule has 0 saturated carbocycles. The van der Waals surface area contributed by atoms with E-state index in [1.807, 2.05) is 0 Å². The van der Waals surface area contributed by atoms with E-state index >= 15 is 0 Å². The second-order valence-corrected chi connectivity index (χ2v) is 4.02. The molecule has 0 spiro atoms. The van der Waals surface area contributed by atoms with Gasteiger partial charge in [-0.2, -0.15) is 0 Å². The maximum atomic E-state index is 10.1. The molecule has 17 heavy (non-hydrogen) atoms. The van der Waals surface area contributed by atoms with Crippen molar-refractivity contribution in [2.75, 3.05) is 13.4 Å². The van der Waals surface area contributed by atoms with Gasteiger partial charge in [-0.1, -0.05) is 12.1 Å². The number of aliphatic hydroxyl groups excluding tert-OH is 2. The van der Waals surface area contributed by atoms with E-state index in [1.54, 1.807) is 24.3 Å². The fourth-order valence-corrected chi connectivity index (χ4v) is 1.89. The summed E-state index contributed by atoms with van der Waals surface area (Å²) in [4.78, 5) is 0. The van der Waals surface area contributed by atoms with E-state index in [4.69, 9.17) is 9.47 Å². The molecule has 0 unspecified atom stereocenters. The molecule has 0 saturated heterocycles. The molecule has 1 heterocycles. The molecule has 0 amide bonds. The quantitative estimate of drug-likeness (QED) is 0.763. The third-order valence-corrected chi connectivity index (χ3v) is 2.89. The Bertz CT molecular complexity index is 402. The Morgan fingerprint density at radius 3 is 2.82 bits per heavy atom. The summed E-state index contributed by atoms with van der Waals surface area (Å²) in [6, 6.07) is 5.30. The molecular weight excluding hydrogens is 220 g/mol. The fourth-order valence-electron chi connectivity index (χ4n) is 1.89. The number of ether oxygens (including phenoxy) is 2. The van der Waals surface area contributed by atoms with E-state index < -0.39 is 6.10 Å². The zero-order valence-electron chi connectivity index (χ0n) is 9.50. The molecule has 2 rings (SSSR count). The van der Waals surface area contributed by atoms with E-state index in [9.17, 15) is 10.2 Å². The second kappa shape index (κ2) is 5.21. The van der Waals surface area contributed by atoms with Gasteiger partial charge in [0.2, 0.25) is 6.79 Å². The van der Waals surface area contributed by atoms with Crippen LogP contribution in [0.2, 0.25) is 0 Å². The summed E-state index contributed by atoms with van der Waals surface area (Å²) in [5.41, 5.74) is 0.718. The van der Waals surface area contributed by atoms with Crippen LogP contribution in [-0.2, 0) is 0 Å². The van der Waals surface area contributed by atoms with Gasteiger partial charge in [-0.3, -0.25) is 0 Å². The van der Waals surface area contributed by atoms with Gasteiger partial charge in [-0.25, -0.2) is 0 Å². The first-order valence-electron chi connectivity index (χ1n) is 5.55. The van der Waals surface area contributed by atoms with E-state index in [-0.39, 0.29) is 19.3 Å². The Morgan fingerprint density at radius 2 is 2.12 bits per heavy atom. The Hall–Kier alpha value is -1.52. The lowest BCUT2D eigenvalue weighted by Crippen LogP contribution is -2.15. The molecule has 0 bridgehead atoms. The van der Waals surface area contributed by atoms with E-state index in [1.165, 1.54) is 0 Å². The molecule has 0 aromatic heterocycles. The monoisotopic (exact) mass is 236 g/mol. The van der Waals surface area contributed by atoms with Crippen molar-refractivity contribution in [3.8, 4) is 11.5 Å². The van der Waals surface area contributed by atoms with E-state index in [0.29, 0.717) is 17.9 Å². The SMILES string of the molecule is C=CC[C@H](CO)[C@H](O)c1ccc2c(c1)OCO2. The van der Waals surface area contributed by atoms with Gasteiger partial charge in [0.1, 0.15) is 0 Å². The van der Waals surface area contributed by atoms with Crippen LogP contribution in [0.15, 0.2) is 30.9 Å². The van der Waals surface area contributed by atoms with Crippen molar-refractivity contribution in [3.63, 3.8) is 0 Å². The summed E-state index contributed by atoms with van der Waals surface area (Å²) in [5.74, 6) is 1.08. The summed E-state index contributed by atoms with van der Waals surface area (Å²) >= 11 is 0. The van der Waals surface area contributed by atoms with Crippen molar-refractivity contribution >= 4 is 0 Å². The van der Waals surface area contributed by atoms with Gasteiger partial charge >= 0.3 is 0 Å². The van der Waals surface area contributed by atoms with Crippen LogP contribution >= 0.6 is 0 Å². The Labute approximate surface area is 100 Å². The van der Waals surface area contributed by atoms with Crippen LogP contribution in [-0.4, -0.2) is 23.6 Å². The van der Waals surface area contributed by atoms with Crippen LogP contribution in [0, 0.1) is 5.92 Å². The molecular formula is C13H16O4. The largest absolute Gasteiger partial charge is 0.454 e. The van der Waals surface area contributed by atoms with Crippen LogP contribution < -0.4 is 9.47 Å². The first kappa shape index (κ1) is 12.0. The van der Waals surface area contributed by atoms with Crippen molar-refractivity contribution in [3.05, 3.63) is 36.4 Å². The van der Waals surface area contributed by atoms with Gasteiger partial charge in [0.25, 0.3) is 0 Å². The highest BCUT2D eigenvalue weighted by molar-refractivity contribution is 5.45. The lowest BCUT2D eigenvalue weighted by atomic mass is 9.93. The molecule has 4 nitrogen and oxygen atoms in total. The molecule has 1 aliphatic rings. The Balaban J connectivity index is 2.18. The highest BCUT2D eigenvalue weighted by Crippen LogP contribution is 2.36. The van der Waals surface area contributed by atoms with Crippen LogP contribution in [0.1, 0.15) is 18.1 Å². The molecule has 1 aliphatic heterocycles. The predicted molar refractivity (Wildman–Crippen MR) is 62.9 cm³/mol. The molecule has 0 aliphatic carbocycles. The summed E-state index contributed by atoms with van der Waals surface area (Å²) < 4.78 is 10.4. The van der Waals surface area contributed by atoms with Gasteiger partial charge < -0.3 is 19.7 Å². The highest BCUT2D eigenvalue weighted by Gasteiger charge is 2.22. The third kappa shape index (κ3) is 2.43. The molecule has 1 aromatic carbocycles. The standard InChI is InChI=1S/C13H16O4/c1-2-3-10(7-14)13(15)9-4-5-11-12(6-9)17-8-16-11/h2,4-6,10,13-15H,1,3,7-8H2/t10-,13-/m1/s1. The topological polar surface area (TPSA) is 58.9 Å². The van der Waals surface area contributed by atoms with Crippen molar-refractivity contribution in [1.82, 2.24) is 0 Å². The fraction of sp³-hybridized carbons (Fsp3) is 0.385. The van der Waals surface area contributed by atoms with Crippen molar-refractivity contribution < 1.29 is 19.7 Å². The van der Waals surface area contributed by atoms with E-state index in [0.717, 1.165) is 5.56 Å². The number of benzene rings is 1. The molecule has 1 aromatic rings. The van der Waals surface area contributed by atoms with Crippen LogP contribution in [0.4, 0.5) is 0 Å². The molecule has 92 valence electrons. The lowest BCUT2D eigenvalue weighted by Gasteiger charge is -2.20. The molecule has 0 radical (unpaired) electrons. The highest BCUT2D eigenvalue weighted by atomic mass is 16.7. The summed E-state index contributed by atoms with van der Waals surface area (Å²) in [5, 5.41) is 19.4. The first-order valence-corrected chi connectivity index (χ1v) is 5.55. The van der Waals surface area contributed by atoms with Crippen molar-refractivity contribution in [2.24, 2.45) is 5.92 Å². The van der Waals surface area contributed by atoms with Gasteiger partial charge in [-0.15, -0.1) is 6.58 Å². The summed E-state index contributed by atoms with van der Waals surface area (Å²) in [7, 11) is 0. The van der Waals surface area contributed by atoms with Crippen LogP contribution in [0.3, 0.4) is 0 Å². The van der Waals surface area contributed by atoms with Crippen LogP contribution in [0.5, 0.6) is 11.5 Å². The number of allylic oxidation sites excluding steroid dienone is 1. The zero-order valence-corrected chi connectivity index (χ0v) is 9.50. The van der Waals surface area contributed by atoms with Gasteiger partial charge in [-0.05, 0) is 24.1 Å². The molecule has 2 N–H and O–H groups in total. The van der Waals surface area contributed by atoms with Gasteiger partial charge in [0.15, 0.2) is 11.5 Å². The smallest absolute Gasteiger partial charge is 0.231 e. The predicted octanol–water partition coefficient (Wildman–Crippen LogP) is 1.63. The molecule has 0 fully saturated rings. The minimum absolute atomic E-state index is 0.0817. The average Bonchev–Trinajstić information content (AvgIpc) is 2.82. The molecule has 2 atom stereocenters. The van der Waals surface area contributed by atoms with Gasteiger partial charge in [0.05, 0.1) is 6.10 Å². The minimum Gasteiger partial charge on any atom is -0.454 e. The van der Waals surface area contributed by atoms with Crippen molar-refractivity contribution in [2.45, 2.75) is 12.5 Å². The first-order chi connectivity index (χ1) is 8.26.